The Bertz CT molecular complexity index is 271. The molecule has 0 aliphatic carbocycles. The van der Waals surface area contributed by atoms with Gasteiger partial charge in [0.1, 0.15) is 6.04 Å². The Hall–Kier alpha value is -0.650. The van der Waals surface area contributed by atoms with Gasteiger partial charge in [-0.1, -0.05) is 6.92 Å². The smallest absolute Gasteiger partial charge is 0.324 e. The number of methoxy groups -OCH3 is 1. The Balaban J connectivity index is 2.53. The molecular formula is C14H29N3O2. The SMILES string of the molecule is CCCNC(CN1CCCC1CN(C)C)C(=O)OC. The van der Waals surface area contributed by atoms with Crippen LogP contribution in [0.3, 0.4) is 0 Å². The van der Waals surface area contributed by atoms with E-state index in [1.165, 1.54) is 20.0 Å². The Morgan fingerprint density at radius 1 is 1.53 bits per heavy atom. The quantitative estimate of drug-likeness (QED) is 0.653. The van der Waals surface area contributed by atoms with Gasteiger partial charge < -0.3 is 15.0 Å². The highest BCUT2D eigenvalue weighted by atomic mass is 16.5. The molecule has 0 saturated carbocycles. The summed E-state index contributed by atoms with van der Waals surface area (Å²) in [7, 11) is 5.66. The predicted octanol–water partition coefficient (Wildman–Crippen LogP) is 0.554. The maximum atomic E-state index is 11.8. The van der Waals surface area contributed by atoms with E-state index in [-0.39, 0.29) is 12.0 Å². The second-order valence-corrected chi connectivity index (χ2v) is 5.58. The fourth-order valence-electron chi connectivity index (χ4n) is 2.68. The van der Waals surface area contributed by atoms with E-state index < -0.39 is 0 Å². The molecule has 1 aliphatic heterocycles. The predicted molar refractivity (Wildman–Crippen MR) is 77.2 cm³/mol. The third-order valence-corrected chi connectivity index (χ3v) is 3.62. The third-order valence-electron chi connectivity index (χ3n) is 3.62. The number of esters is 1. The molecule has 5 nitrogen and oxygen atoms in total. The van der Waals surface area contributed by atoms with E-state index in [2.05, 4.69) is 36.1 Å². The van der Waals surface area contributed by atoms with E-state index in [1.54, 1.807) is 0 Å². The van der Waals surface area contributed by atoms with Crippen LogP contribution in [0.4, 0.5) is 0 Å². The lowest BCUT2D eigenvalue weighted by atomic mass is 10.2. The average Bonchev–Trinajstić information content (AvgIpc) is 2.79. The molecule has 1 N–H and O–H groups in total. The fourth-order valence-corrected chi connectivity index (χ4v) is 2.68. The van der Waals surface area contributed by atoms with E-state index in [1.807, 2.05) is 0 Å². The molecule has 0 aromatic carbocycles. The first-order valence-electron chi connectivity index (χ1n) is 7.28. The Morgan fingerprint density at radius 3 is 2.84 bits per heavy atom. The highest BCUT2D eigenvalue weighted by Gasteiger charge is 2.29. The maximum Gasteiger partial charge on any atom is 0.324 e. The van der Waals surface area contributed by atoms with Crippen LogP contribution in [0.5, 0.6) is 0 Å². The van der Waals surface area contributed by atoms with Crippen molar-refractivity contribution in [2.75, 3.05) is 47.4 Å². The lowest BCUT2D eigenvalue weighted by Gasteiger charge is -2.30. The van der Waals surface area contributed by atoms with Crippen molar-refractivity contribution in [1.82, 2.24) is 15.1 Å². The maximum absolute atomic E-state index is 11.8. The molecule has 2 atom stereocenters. The highest BCUT2D eigenvalue weighted by molar-refractivity contribution is 5.75. The van der Waals surface area contributed by atoms with Crippen LogP contribution in [0.2, 0.25) is 0 Å². The molecule has 1 saturated heterocycles. The number of carbonyl (C=O) groups excluding carboxylic acids is 1. The van der Waals surface area contributed by atoms with Gasteiger partial charge in [-0.3, -0.25) is 9.69 Å². The zero-order chi connectivity index (χ0) is 14.3. The van der Waals surface area contributed by atoms with Crippen LogP contribution < -0.4 is 5.32 Å². The number of hydrogen-bond acceptors (Lipinski definition) is 5. The molecule has 0 aromatic rings. The molecule has 0 bridgehead atoms. The number of likely N-dealkylation sites (N-methyl/N-ethyl adjacent to an activating group) is 1. The number of rotatable bonds is 8. The second kappa shape index (κ2) is 8.51. The summed E-state index contributed by atoms with van der Waals surface area (Å²) in [5.41, 5.74) is 0. The Labute approximate surface area is 117 Å². The normalized spacial score (nSPS) is 21.8. The number of nitrogens with zero attached hydrogens (tertiary/aromatic N) is 2. The fraction of sp³-hybridized carbons (Fsp3) is 0.929. The summed E-state index contributed by atoms with van der Waals surface area (Å²) < 4.78 is 4.90. The minimum absolute atomic E-state index is 0.149. The third kappa shape index (κ3) is 5.47. The molecule has 0 spiro atoms. The van der Waals surface area contributed by atoms with Crippen molar-refractivity contribution < 1.29 is 9.53 Å². The molecular weight excluding hydrogens is 242 g/mol. The van der Waals surface area contributed by atoms with Crippen LogP contribution in [0.1, 0.15) is 26.2 Å². The first-order chi connectivity index (χ1) is 9.08. The zero-order valence-corrected chi connectivity index (χ0v) is 12.8. The second-order valence-electron chi connectivity index (χ2n) is 5.58. The van der Waals surface area contributed by atoms with Crippen molar-refractivity contribution in [2.45, 2.75) is 38.3 Å². The van der Waals surface area contributed by atoms with Crippen molar-refractivity contribution >= 4 is 5.97 Å². The van der Waals surface area contributed by atoms with Crippen LogP contribution in [0, 0.1) is 0 Å². The van der Waals surface area contributed by atoms with Crippen LogP contribution in [0.25, 0.3) is 0 Å². The van der Waals surface area contributed by atoms with Gasteiger partial charge in [-0.25, -0.2) is 0 Å². The van der Waals surface area contributed by atoms with E-state index in [4.69, 9.17) is 4.74 Å². The summed E-state index contributed by atoms with van der Waals surface area (Å²) in [6.45, 7) is 5.85. The van der Waals surface area contributed by atoms with E-state index in [0.717, 1.165) is 32.6 Å². The van der Waals surface area contributed by atoms with Crippen LogP contribution in [-0.2, 0) is 9.53 Å². The zero-order valence-electron chi connectivity index (χ0n) is 12.8. The molecule has 0 aromatic heterocycles. The summed E-state index contributed by atoms with van der Waals surface area (Å²) in [6.07, 6.45) is 3.47. The first kappa shape index (κ1) is 16.4. The molecule has 0 amide bonds. The number of carbonyl (C=O) groups is 1. The van der Waals surface area contributed by atoms with Gasteiger partial charge in [0.2, 0.25) is 0 Å². The molecule has 0 radical (unpaired) electrons. The summed E-state index contributed by atoms with van der Waals surface area (Å²) in [6, 6.07) is 0.360. The molecule has 112 valence electrons. The average molecular weight is 271 g/mol. The van der Waals surface area contributed by atoms with E-state index in [0.29, 0.717) is 6.04 Å². The lowest BCUT2D eigenvalue weighted by Crippen LogP contribution is -2.49. The standard InChI is InChI=1S/C14H29N3O2/c1-5-8-15-13(14(18)19-4)11-17-9-6-7-12(17)10-16(2)3/h12-13,15H,5-11H2,1-4H3. The summed E-state index contributed by atoms with van der Waals surface area (Å²) in [4.78, 5) is 16.5. The van der Waals surface area contributed by atoms with Crippen molar-refractivity contribution in [2.24, 2.45) is 0 Å². The molecule has 1 heterocycles. The molecule has 1 fully saturated rings. The summed E-state index contributed by atoms with van der Waals surface area (Å²) in [5, 5.41) is 3.29. The van der Waals surface area contributed by atoms with Gasteiger partial charge in [0.25, 0.3) is 0 Å². The topological polar surface area (TPSA) is 44.8 Å². The highest BCUT2D eigenvalue weighted by Crippen LogP contribution is 2.18. The van der Waals surface area contributed by atoms with Crippen molar-refractivity contribution in [3.63, 3.8) is 0 Å². The van der Waals surface area contributed by atoms with Crippen LogP contribution >= 0.6 is 0 Å². The van der Waals surface area contributed by atoms with Crippen LogP contribution in [0.15, 0.2) is 0 Å². The number of nitrogens with one attached hydrogen (secondary N) is 1. The molecule has 19 heavy (non-hydrogen) atoms. The molecule has 2 unspecified atom stereocenters. The van der Waals surface area contributed by atoms with Gasteiger partial charge >= 0.3 is 5.97 Å². The number of likely N-dealkylation sites (tertiary alicyclic amines) is 1. The Kier molecular flexibility index (Phi) is 7.34. The van der Waals surface area contributed by atoms with Gasteiger partial charge in [0.05, 0.1) is 7.11 Å². The van der Waals surface area contributed by atoms with Gasteiger partial charge in [-0.2, -0.15) is 0 Å². The van der Waals surface area contributed by atoms with Crippen molar-refractivity contribution in [3.8, 4) is 0 Å². The lowest BCUT2D eigenvalue weighted by molar-refractivity contribution is -0.143. The van der Waals surface area contributed by atoms with Gasteiger partial charge in [-0.05, 0) is 46.4 Å². The van der Waals surface area contributed by atoms with Gasteiger partial charge in [-0.15, -0.1) is 0 Å². The van der Waals surface area contributed by atoms with E-state index in [9.17, 15) is 4.79 Å². The van der Waals surface area contributed by atoms with Crippen molar-refractivity contribution in [3.05, 3.63) is 0 Å². The number of hydrogen-bond donors (Lipinski definition) is 1. The van der Waals surface area contributed by atoms with Crippen molar-refractivity contribution in [1.29, 1.82) is 0 Å². The monoisotopic (exact) mass is 271 g/mol. The van der Waals surface area contributed by atoms with Crippen LogP contribution in [-0.4, -0.2) is 75.2 Å². The first-order valence-corrected chi connectivity index (χ1v) is 7.28. The minimum Gasteiger partial charge on any atom is -0.468 e. The van der Waals surface area contributed by atoms with Gasteiger partial charge in [0, 0.05) is 19.1 Å². The molecule has 1 rings (SSSR count). The largest absolute Gasteiger partial charge is 0.468 e. The molecule has 5 heteroatoms. The summed E-state index contributed by atoms with van der Waals surface area (Å²) >= 11 is 0. The van der Waals surface area contributed by atoms with Gasteiger partial charge in [0.15, 0.2) is 0 Å². The van der Waals surface area contributed by atoms with E-state index >= 15 is 0 Å². The minimum atomic E-state index is -0.201. The molecule has 1 aliphatic rings. The number of ether oxygens (including phenoxy) is 1. The Morgan fingerprint density at radius 2 is 2.26 bits per heavy atom. The summed E-state index contributed by atoms with van der Waals surface area (Å²) in [5.74, 6) is -0.149.